The standard InChI is InChI=1S/C26H25ClF3N5O4/c1-13-5-3-4-6-16(13)18-9-10-34(33-18)21-22(37)20(12-36)39-24(23(21)38)25-31-14(2)32-35(25)19-11-15(27)7-8-17(19)26(28,29)30/h3-11,20-24,36-38H,12H2,1-2H3/t20?,21-,22-,23?,24+/m0/s1. The van der Waals surface area contributed by atoms with Crippen molar-refractivity contribution in [3.05, 3.63) is 82.5 Å². The predicted octanol–water partition coefficient (Wildman–Crippen LogP) is 3.82. The minimum Gasteiger partial charge on any atom is -0.394 e. The second-order valence-electron chi connectivity index (χ2n) is 9.33. The lowest BCUT2D eigenvalue weighted by Gasteiger charge is -2.42. The average molecular weight is 564 g/mol. The Hall–Kier alpha value is -3.29. The van der Waals surface area contributed by atoms with E-state index in [1.54, 1.807) is 12.3 Å². The Morgan fingerprint density at radius 2 is 1.77 bits per heavy atom. The molecule has 1 aliphatic rings. The molecule has 0 bridgehead atoms. The SMILES string of the molecule is Cc1nc([C@@H]2OC(CO)[C@H](O)[C@H](n3ccc(-c4ccccc4C)n3)C2O)n(-c2cc(Cl)ccc2C(F)(F)F)n1. The monoisotopic (exact) mass is 563 g/mol. The van der Waals surface area contributed by atoms with Crippen LogP contribution in [0, 0.1) is 13.8 Å². The van der Waals surface area contributed by atoms with Crippen molar-refractivity contribution in [3.63, 3.8) is 0 Å². The molecule has 4 aromatic rings. The van der Waals surface area contributed by atoms with Crippen LogP contribution in [0.2, 0.25) is 5.02 Å². The van der Waals surface area contributed by atoms with E-state index in [4.69, 9.17) is 16.3 Å². The number of aromatic nitrogens is 5. The molecule has 9 nitrogen and oxygen atoms in total. The van der Waals surface area contributed by atoms with Crippen LogP contribution in [0.1, 0.15) is 34.9 Å². The zero-order chi connectivity index (χ0) is 28.1. The Balaban J connectivity index is 1.59. The lowest BCUT2D eigenvalue weighted by atomic mass is 9.92. The van der Waals surface area contributed by atoms with E-state index in [1.165, 1.54) is 11.6 Å². The van der Waals surface area contributed by atoms with Crippen LogP contribution >= 0.6 is 11.6 Å². The van der Waals surface area contributed by atoms with Crippen LogP contribution in [-0.4, -0.2) is 64.8 Å². The number of hydrogen-bond donors (Lipinski definition) is 3. The summed E-state index contributed by atoms with van der Waals surface area (Å²) in [4.78, 5) is 4.26. The largest absolute Gasteiger partial charge is 0.418 e. The van der Waals surface area contributed by atoms with E-state index in [-0.39, 0.29) is 16.7 Å². The fraction of sp³-hybridized carbons (Fsp3) is 0.346. The minimum atomic E-state index is -4.74. The Labute approximate surface area is 226 Å². The van der Waals surface area contributed by atoms with Crippen molar-refractivity contribution in [3.8, 4) is 16.9 Å². The van der Waals surface area contributed by atoms with Gasteiger partial charge in [-0.25, -0.2) is 9.67 Å². The molecule has 3 N–H and O–H groups in total. The zero-order valence-electron chi connectivity index (χ0n) is 20.8. The molecule has 3 heterocycles. The molecule has 2 aromatic heterocycles. The van der Waals surface area contributed by atoms with Crippen LogP contribution in [0.3, 0.4) is 0 Å². The maximum atomic E-state index is 13.9. The van der Waals surface area contributed by atoms with Crippen molar-refractivity contribution in [1.82, 2.24) is 24.5 Å². The third kappa shape index (κ3) is 5.06. The lowest BCUT2D eigenvalue weighted by molar-refractivity contribution is -0.210. The van der Waals surface area contributed by atoms with E-state index in [1.807, 2.05) is 31.2 Å². The first-order chi connectivity index (χ1) is 18.5. The summed E-state index contributed by atoms with van der Waals surface area (Å²) in [6.07, 6.45) is -8.70. The Morgan fingerprint density at radius 3 is 2.46 bits per heavy atom. The Morgan fingerprint density at radius 1 is 1.03 bits per heavy atom. The number of aliphatic hydroxyl groups is 3. The van der Waals surface area contributed by atoms with Gasteiger partial charge in [-0.15, -0.1) is 0 Å². The molecular weight excluding hydrogens is 539 g/mol. The second kappa shape index (κ2) is 10.4. The van der Waals surface area contributed by atoms with Gasteiger partial charge in [0.2, 0.25) is 0 Å². The van der Waals surface area contributed by atoms with Crippen LogP contribution in [-0.2, 0) is 10.9 Å². The molecule has 0 saturated carbocycles. The van der Waals surface area contributed by atoms with Gasteiger partial charge in [0.25, 0.3) is 0 Å². The summed E-state index contributed by atoms with van der Waals surface area (Å²) >= 11 is 6.04. The highest BCUT2D eigenvalue weighted by molar-refractivity contribution is 6.30. The van der Waals surface area contributed by atoms with Gasteiger partial charge in [0.15, 0.2) is 5.82 Å². The van der Waals surface area contributed by atoms with Gasteiger partial charge in [-0.05, 0) is 43.7 Å². The third-order valence-electron chi connectivity index (χ3n) is 6.71. The molecule has 0 amide bonds. The molecule has 1 saturated heterocycles. The quantitative estimate of drug-likeness (QED) is 0.338. The molecule has 206 valence electrons. The van der Waals surface area contributed by atoms with E-state index < -0.39 is 54.5 Å². The molecule has 2 unspecified atom stereocenters. The summed E-state index contributed by atoms with van der Waals surface area (Å²) in [6, 6.07) is 11.2. The van der Waals surface area contributed by atoms with Gasteiger partial charge in [-0.2, -0.15) is 23.4 Å². The number of halogens is 4. The molecular formula is C26H25ClF3N5O4. The molecule has 1 fully saturated rings. The molecule has 0 radical (unpaired) electrons. The summed E-state index contributed by atoms with van der Waals surface area (Å²) in [5.41, 5.74) is 0.967. The molecule has 5 atom stereocenters. The molecule has 39 heavy (non-hydrogen) atoms. The van der Waals surface area contributed by atoms with Crippen molar-refractivity contribution in [2.24, 2.45) is 0 Å². The van der Waals surface area contributed by atoms with Crippen LogP contribution in [0.15, 0.2) is 54.7 Å². The topological polar surface area (TPSA) is 118 Å². The summed E-state index contributed by atoms with van der Waals surface area (Å²) in [7, 11) is 0. The number of aliphatic hydroxyl groups excluding tert-OH is 3. The van der Waals surface area contributed by atoms with Crippen molar-refractivity contribution in [1.29, 1.82) is 0 Å². The number of ether oxygens (including phenoxy) is 1. The van der Waals surface area contributed by atoms with Crippen molar-refractivity contribution in [2.75, 3.05) is 6.61 Å². The number of rotatable bonds is 5. The Kier molecular flexibility index (Phi) is 7.25. The van der Waals surface area contributed by atoms with Crippen LogP contribution < -0.4 is 0 Å². The smallest absolute Gasteiger partial charge is 0.394 e. The van der Waals surface area contributed by atoms with Crippen LogP contribution in [0.4, 0.5) is 13.2 Å². The summed E-state index contributed by atoms with van der Waals surface area (Å²) in [5.74, 6) is -0.0487. The van der Waals surface area contributed by atoms with Gasteiger partial charge in [-0.3, -0.25) is 4.68 Å². The van der Waals surface area contributed by atoms with Gasteiger partial charge in [-0.1, -0.05) is 35.9 Å². The molecule has 2 aromatic carbocycles. The molecule has 0 aliphatic carbocycles. The number of nitrogens with zero attached hydrogens (tertiary/aromatic N) is 5. The number of hydrogen-bond acceptors (Lipinski definition) is 7. The van der Waals surface area contributed by atoms with Gasteiger partial charge in [0.05, 0.1) is 23.6 Å². The van der Waals surface area contributed by atoms with E-state index in [2.05, 4.69) is 15.2 Å². The highest BCUT2D eigenvalue weighted by atomic mass is 35.5. The number of benzene rings is 2. The van der Waals surface area contributed by atoms with E-state index in [0.29, 0.717) is 5.69 Å². The van der Waals surface area contributed by atoms with E-state index in [0.717, 1.165) is 34.0 Å². The van der Waals surface area contributed by atoms with Gasteiger partial charge < -0.3 is 20.1 Å². The highest BCUT2D eigenvalue weighted by Gasteiger charge is 2.48. The summed E-state index contributed by atoms with van der Waals surface area (Å²) in [6.45, 7) is 2.76. The zero-order valence-corrected chi connectivity index (χ0v) is 21.5. The maximum absolute atomic E-state index is 13.9. The highest BCUT2D eigenvalue weighted by Crippen LogP contribution is 2.41. The first-order valence-electron chi connectivity index (χ1n) is 12.0. The first-order valence-corrected chi connectivity index (χ1v) is 12.4. The second-order valence-corrected chi connectivity index (χ2v) is 9.77. The minimum absolute atomic E-state index is 0.0315. The summed E-state index contributed by atoms with van der Waals surface area (Å²) < 4.78 is 49.7. The lowest BCUT2D eigenvalue weighted by Crippen LogP contribution is -2.53. The molecule has 13 heteroatoms. The summed E-state index contributed by atoms with van der Waals surface area (Å²) in [5, 5.41) is 41.2. The van der Waals surface area contributed by atoms with E-state index in [9.17, 15) is 28.5 Å². The molecule has 0 spiro atoms. The van der Waals surface area contributed by atoms with Crippen LogP contribution in [0.5, 0.6) is 0 Å². The van der Waals surface area contributed by atoms with Crippen molar-refractivity contribution in [2.45, 2.75) is 50.5 Å². The normalized spacial score (nSPS) is 23.8. The third-order valence-corrected chi connectivity index (χ3v) is 6.95. The molecule has 5 rings (SSSR count). The van der Waals surface area contributed by atoms with E-state index >= 15 is 0 Å². The number of alkyl halides is 3. The van der Waals surface area contributed by atoms with Gasteiger partial charge in [0, 0.05) is 16.8 Å². The van der Waals surface area contributed by atoms with Gasteiger partial charge in [0.1, 0.15) is 36.3 Å². The van der Waals surface area contributed by atoms with Crippen molar-refractivity contribution >= 4 is 11.6 Å². The number of aryl methyl sites for hydroxylation is 2. The average Bonchev–Trinajstić information content (AvgIpc) is 3.51. The fourth-order valence-electron chi connectivity index (χ4n) is 4.85. The Bertz CT molecular complexity index is 1490. The fourth-order valence-corrected chi connectivity index (χ4v) is 5.01. The molecule has 1 aliphatic heterocycles. The van der Waals surface area contributed by atoms with Crippen LogP contribution in [0.25, 0.3) is 16.9 Å². The first kappa shape index (κ1) is 27.3. The van der Waals surface area contributed by atoms with Gasteiger partial charge >= 0.3 is 6.18 Å². The predicted molar refractivity (Wildman–Crippen MR) is 134 cm³/mol. The maximum Gasteiger partial charge on any atom is 0.418 e. The van der Waals surface area contributed by atoms with Crippen molar-refractivity contribution < 1.29 is 33.2 Å².